The minimum atomic E-state index is -0.390. The molecule has 0 unspecified atom stereocenters. The van der Waals surface area contributed by atoms with Gasteiger partial charge in [0, 0.05) is 9.79 Å². The van der Waals surface area contributed by atoms with E-state index in [4.69, 9.17) is 5.73 Å². The highest BCUT2D eigenvalue weighted by molar-refractivity contribution is 7.99. The van der Waals surface area contributed by atoms with E-state index in [-0.39, 0.29) is 5.91 Å². The van der Waals surface area contributed by atoms with Crippen molar-refractivity contribution in [3.63, 3.8) is 0 Å². The molecular weight excluding hydrogens is 218 g/mol. The van der Waals surface area contributed by atoms with Crippen LogP contribution in [0.3, 0.4) is 0 Å². The second kappa shape index (κ2) is 4.86. The van der Waals surface area contributed by atoms with E-state index >= 15 is 0 Å². The highest BCUT2D eigenvalue weighted by atomic mass is 32.2. The Bertz CT molecular complexity index is 496. The molecule has 0 heterocycles. The van der Waals surface area contributed by atoms with Crippen LogP contribution >= 0.6 is 11.8 Å². The molecule has 0 aromatic heterocycles. The Morgan fingerprint density at radius 1 is 0.938 bits per heavy atom. The zero-order chi connectivity index (χ0) is 11.4. The zero-order valence-electron chi connectivity index (χ0n) is 8.59. The Kier molecular flexibility index (Phi) is 3.27. The largest absolute Gasteiger partial charge is 0.366 e. The highest BCUT2D eigenvalue weighted by Gasteiger charge is 2.07. The molecule has 16 heavy (non-hydrogen) atoms. The lowest BCUT2D eigenvalue weighted by Crippen LogP contribution is -2.11. The van der Waals surface area contributed by atoms with E-state index in [2.05, 4.69) is 0 Å². The summed E-state index contributed by atoms with van der Waals surface area (Å²) < 4.78 is 0. The van der Waals surface area contributed by atoms with Gasteiger partial charge in [-0.1, -0.05) is 42.1 Å². The molecule has 2 nitrogen and oxygen atoms in total. The molecule has 2 aromatic rings. The minimum Gasteiger partial charge on any atom is -0.366 e. The molecule has 0 atom stereocenters. The third kappa shape index (κ3) is 2.44. The smallest absolute Gasteiger partial charge is 0.249 e. The van der Waals surface area contributed by atoms with Crippen LogP contribution in [-0.4, -0.2) is 5.91 Å². The van der Waals surface area contributed by atoms with Crippen LogP contribution in [0, 0.1) is 0 Å². The van der Waals surface area contributed by atoms with Crippen LogP contribution < -0.4 is 5.73 Å². The number of hydrogen-bond acceptors (Lipinski definition) is 2. The van der Waals surface area contributed by atoms with Gasteiger partial charge in [0.25, 0.3) is 0 Å². The van der Waals surface area contributed by atoms with Crippen LogP contribution in [-0.2, 0) is 0 Å². The molecule has 0 saturated carbocycles. The summed E-state index contributed by atoms with van der Waals surface area (Å²) in [6, 6.07) is 17.3. The van der Waals surface area contributed by atoms with Crippen molar-refractivity contribution >= 4 is 17.7 Å². The molecule has 2 N–H and O–H groups in total. The van der Waals surface area contributed by atoms with Gasteiger partial charge in [-0.15, -0.1) is 0 Å². The van der Waals surface area contributed by atoms with Crippen LogP contribution in [0.25, 0.3) is 0 Å². The SMILES string of the molecule is NC(=O)c1ccccc1Sc1ccccc1. The number of carbonyl (C=O) groups is 1. The maximum Gasteiger partial charge on any atom is 0.249 e. The topological polar surface area (TPSA) is 43.1 Å². The van der Waals surface area contributed by atoms with Crippen LogP contribution in [0.1, 0.15) is 10.4 Å². The van der Waals surface area contributed by atoms with Crippen molar-refractivity contribution in [2.45, 2.75) is 9.79 Å². The van der Waals surface area contributed by atoms with Gasteiger partial charge in [0.1, 0.15) is 0 Å². The van der Waals surface area contributed by atoms with Crippen LogP contribution in [0.15, 0.2) is 64.4 Å². The van der Waals surface area contributed by atoms with Crippen molar-refractivity contribution < 1.29 is 4.79 Å². The summed E-state index contributed by atoms with van der Waals surface area (Å²) in [6.45, 7) is 0. The Balaban J connectivity index is 2.31. The highest BCUT2D eigenvalue weighted by Crippen LogP contribution is 2.29. The Morgan fingerprint density at radius 3 is 2.25 bits per heavy atom. The predicted octanol–water partition coefficient (Wildman–Crippen LogP) is 2.94. The molecule has 0 bridgehead atoms. The number of rotatable bonds is 3. The lowest BCUT2D eigenvalue weighted by atomic mass is 10.2. The summed E-state index contributed by atoms with van der Waals surface area (Å²) in [4.78, 5) is 13.2. The van der Waals surface area contributed by atoms with Crippen LogP contribution in [0.4, 0.5) is 0 Å². The van der Waals surface area contributed by atoms with E-state index in [1.807, 2.05) is 48.5 Å². The van der Waals surface area contributed by atoms with Crippen molar-refractivity contribution in [3.8, 4) is 0 Å². The summed E-state index contributed by atoms with van der Waals surface area (Å²) in [5, 5.41) is 0. The second-order valence-corrected chi connectivity index (χ2v) is 4.39. The molecule has 0 aliphatic heterocycles. The third-order valence-electron chi connectivity index (χ3n) is 2.12. The minimum absolute atomic E-state index is 0.390. The maximum absolute atomic E-state index is 11.2. The second-order valence-electron chi connectivity index (χ2n) is 3.28. The van der Waals surface area contributed by atoms with Crippen LogP contribution in [0.5, 0.6) is 0 Å². The molecule has 0 spiro atoms. The number of benzene rings is 2. The van der Waals surface area contributed by atoms with E-state index in [1.165, 1.54) is 0 Å². The fourth-order valence-electron chi connectivity index (χ4n) is 1.37. The molecular formula is C13H11NOS. The maximum atomic E-state index is 11.2. The van der Waals surface area contributed by atoms with Gasteiger partial charge in [-0.2, -0.15) is 0 Å². The lowest BCUT2D eigenvalue weighted by molar-refractivity contribution is 0.0997. The standard InChI is InChI=1S/C13H11NOS/c14-13(15)11-8-4-5-9-12(11)16-10-6-2-1-3-7-10/h1-9H,(H2,14,15). The van der Waals surface area contributed by atoms with Gasteiger partial charge in [-0.3, -0.25) is 4.79 Å². The molecule has 1 amide bonds. The van der Waals surface area contributed by atoms with E-state index < -0.39 is 0 Å². The number of primary amides is 1. The Hall–Kier alpha value is -1.74. The summed E-state index contributed by atoms with van der Waals surface area (Å²) in [5.74, 6) is -0.390. The van der Waals surface area contributed by atoms with E-state index in [0.717, 1.165) is 9.79 Å². The summed E-state index contributed by atoms with van der Waals surface area (Å²) >= 11 is 1.54. The van der Waals surface area contributed by atoms with Gasteiger partial charge in [0.15, 0.2) is 0 Å². The molecule has 0 aliphatic rings. The number of carbonyl (C=O) groups excluding carboxylic acids is 1. The van der Waals surface area contributed by atoms with Gasteiger partial charge in [0.05, 0.1) is 5.56 Å². The van der Waals surface area contributed by atoms with Gasteiger partial charge < -0.3 is 5.73 Å². The predicted molar refractivity (Wildman–Crippen MR) is 65.5 cm³/mol. The normalized spacial score (nSPS) is 10.0. The molecule has 0 radical (unpaired) electrons. The molecule has 2 aromatic carbocycles. The van der Waals surface area contributed by atoms with Gasteiger partial charge >= 0.3 is 0 Å². The zero-order valence-corrected chi connectivity index (χ0v) is 9.41. The Morgan fingerprint density at radius 2 is 1.56 bits per heavy atom. The first kappa shape index (κ1) is 10.8. The fourth-order valence-corrected chi connectivity index (χ4v) is 2.35. The van der Waals surface area contributed by atoms with Gasteiger partial charge in [-0.05, 0) is 24.3 Å². The summed E-state index contributed by atoms with van der Waals surface area (Å²) in [6.07, 6.45) is 0. The van der Waals surface area contributed by atoms with E-state index in [0.29, 0.717) is 5.56 Å². The summed E-state index contributed by atoms with van der Waals surface area (Å²) in [7, 11) is 0. The summed E-state index contributed by atoms with van der Waals surface area (Å²) in [5.41, 5.74) is 5.88. The van der Waals surface area contributed by atoms with Gasteiger partial charge in [-0.25, -0.2) is 0 Å². The number of nitrogens with two attached hydrogens (primary N) is 1. The van der Waals surface area contributed by atoms with Crippen molar-refractivity contribution in [2.75, 3.05) is 0 Å². The van der Waals surface area contributed by atoms with Crippen molar-refractivity contribution in [1.29, 1.82) is 0 Å². The average molecular weight is 229 g/mol. The van der Waals surface area contributed by atoms with Crippen molar-refractivity contribution in [1.82, 2.24) is 0 Å². The van der Waals surface area contributed by atoms with Gasteiger partial charge in [0.2, 0.25) is 5.91 Å². The first-order chi connectivity index (χ1) is 7.77. The molecule has 80 valence electrons. The lowest BCUT2D eigenvalue weighted by Gasteiger charge is -2.05. The number of hydrogen-bond donors (Lipinski definition) is 1. The average Bonchev–Trinajstić information content (AvgIpc) is 2.31. The van der Waals surface area contributed by atoms with E-state index in [1.54, 1.807) is 17.8 Å². The first-order valence-corrected chi connectivity index (χ1v) is 5.71. The third-order valence-corrected chi connectivity index (χ3v) is 3.21. The molecule has 3 heteroatoms. The van der Waals surface area contributed by atoms with Crippen molar-refractivity contribution in [2.24, 2.45) is 5.73 Å². The van der Waals surface area contributed by atoms with E-state index in [9.17, 15) is 4.79 Å². The molecule has 0 saturated heterocycles. The molecule has 0 fully saturated rings. The van der Waals surface area contributed by atoms with Crippen LogP contribution in [0.2, 0.25) is 0 Å². The quantitative estimate of drug-likeness (QED) is 0.879. The number of amides is 1. The molecule has 2 rings (SSSR count). The molecule has 0 aliphatic carbocycles. The first-order valence-electron chi connectivity index (χ1n) is 4.89. The van der Waals surface area contributed by atoms with Crippen molar-refractivity contribution in [3.05, 3.63) is 60.2 Å². The monoisotopic (exact) mass is 229 g/mol. The Labute approximate surface area is 98.5 Å². The fraction of sp³-hybridized carbons (Fsp3) is 0.